The number of esters is 1. The van der Waals surface area contributed by atoms with Gasteiger partial charge in [0.1, 0.15) is 5.75 Å². The van der Waals surface area contributed by atoms with Crippen LogP contribution in [0.5, 0.6) is 5.75 Å². The topological polar surface area (TPSA) is 64.6 Å². The van der Waals surface area contributed by atoms with Crippen molar-refractivity contribution in [3.63, 3.8) is 0 Å². The third-order valence-electron chi connectivity index (χ3n) is 3.71. The van der Waals surface area contributed by atoms with Gasteiger partial charge in [0, 0.05) is 5.69 Å². The van der Waals surface area contributed by atoms with Gasteiger partial charge in [-0.15, -0.1) is 0 Å². The minimum absolute atomic E-state index is 0.104. The van der Waals surface area contributed by atoms with Gasteiger partial charge in [-0.1, -0.05) is 23.8 Å². The van der Waals surface area contributed by atoms with Crippen molar-refractivity contribution in [2.45, 2.75) is 27.7 Å². The third-order valence-corrected chi connectivity index (χ3v) is 3.71. The van der Waals surface area contributed by atoms with E-state index in [9.17, 15) is 9.59 Å². The highest BCUT2D eigenvalue weighted by Crippen LogP contribution is 2.20. The molecule has 0 bridgehead atoms. The number of aryl methyl sites for hydroxylation is 3. The summed E-state index contributed by atoms with van der Waals surface area (Å²) in [4.78, 5) is 24.0. The fraction of sp³-hybridized carbons (Fsp3) is 0.300. The molecule has 0 atom stereocenters. The van der Waals surface area contributed by atoms with Gasteiger partial charge in [-0.3, -0.25) is 4.79 Å². The molecular formula is C20H23NO4. The van der Waals surface area contributed by atoms with Gasteiger partial charge in [0.15, 0.2) is 6.61 Å². The van der Waals surface area contributed by atoms with Crippen LogP contribution in [-0.2, 0) is 9.53 Å². The molecule has 2 rings (SSSR count). The SMILES string of the molecule is CCOC(=O)c1ccc(C)c(NC(=O)COc2ccc(C)cc2C)c1. The summed E-state index contributed by atoms with van der Waals surface area (Å²) in [6, 6.07) is 10.8. The quantitative estimate of drug-likeness (QED) is 0.812. The van der Waals surface area contributed by atoms with Crippen molar-refractivity contribution in [3.05, 3.63) is 58.7 Å². The van der Waals surface area contributed by atoms with Crippen LogP contribution < -0.4 is 10.1 Å². The Bertz CT molecular complexity index is 783. The molecule has 0 radical (unpaired) electrons. The lowest BCUT2D eigenvalue weighted by atomic mass is 10.1. The summed E-state index contributed by atoms with van der Waals surface area (Å²) in [5.74, 6) is -0.0219. The second kappa shape index (κ2) is 8.33. The van der Waals surface area contributed by atoms with Gasteiger partial charge < -0.3 is 14.8 Å². The first-order chi connectivity index (χ1) is 11.9. The number of hydrogen-bond acceptors (Lipinski definition) is 4. The summed E-state index contributed by atoms with van der Waals surface area (Å²) < 4.78 is 10.6. The van der Waals surface area contributed by atoms with E-state index in [1.807, 2.05) is 39.0 Å². The average molecular weight is 341 g/mol. The monoisotopic (exact) mass is 341 g/mol. The molecule has 0 saturated carbocycles. The number of amides is 1. The maximum Gasteiger partial charge on any atom is 0.338 e. The van der Waals surface area contributed by atoms with Crippen LogP contribution in [0.1, 0.15) is 34.0 Å². The van der Waals surface area contributed by atoms with Crippen molar-refractivity contribution in [1.29, 1.82) is 0 Å². The number of nitrogens with one attached hydrogen (secondary N) is 1. The molecule has 1 N–H and O–H groups in total. The molecule has 2 aromatic rings. The van der Waals surface area contributed by atoms with E-state index in [2.05, 4.69) is 5.32 Å². The highest BCUT2D eigenvalue weighted by molar-refractivity contribution is 5.96. The summed E-state index contributed by atoms with van der Waals surface area (Å²) in [6.45, 7) is 7.75. The number of rotatable bonds is 6. The molecule has 0 fully saturated rings. The van der Waals surface area contributed by atoms with E-state index in [4.69, 9.17) is 9.47 Å². The maximum atomic E-state index is 12.2. The standard InChI is InChI=1S/C20H23NO4/c1-5-24-20(23)16-8-7-14(3)17(11-16)21-19(22)12-25-18-9-6-13(2)10-15(18)4/h6-11H,5,12H2,1-4H3,(H,21,22). The van der Waals surface area contributed by atoms with E-state index in [0.717, 1.165) is 16.7 Å². The van der Waals surface area contributed by atoms with Gasteiger partial charge in [0.25, 0.3) is 5.91 Å². The van der Waals surface area contributed by atoms with Crippen LogP contribution >= 0.6 is 0 Å². The van der Waals surface area contributed by atoms with Crippen LogP contribution in [0.25, 0.3) is 0 Å². The van der Waals surface area contributed by atoms with E-state index >= 15 is 0 Å². The Labute approximate surface area is 148 Å². The van der Waals surface area contributed by atoms with E-state index in [1.54, 1.807) is 25.1 Å². The Morgan fingerprint density at radius 3 is 2.44 bits per heavy atom. The first kappa shape index (κ1) is 18.5. The predicted octanol–water partition coefficient (Wildman–Crippen LogP) is 3.81. The zero-order valence-corrected chi connectivity index (χ0v) is 15.0. The van der Waals surface area contributed by atoms with Crippen LogP contribution in [0.2, 0.25) is 0 Å². The highest BCUT2D eigenvalue weighted by Gasteiger charge is 2.11. The fourth-order valence-electron chi connectivity index (χ4n) is 2.39. The normalized spacial score (nSPS) is 10.2. The number of hydrogen-bond donors (Lipinski definition) is 1. The fourth-order valence-corrected chi connectivity index (χ4v) is 2.39. The Balaban J connectivity index is 2.02. The second-order valence-electron chi connectivity index (χ2n) is 5.86. The lowest BCUT2D eigenvalue weighted by Crippen LogP contribution is -2.21. The van der Waals surface area contributed by atoms with E-state index in [-0.39, 0.29) is 12.5 Å². The highest BCUT2D eigenvalue weighted by atomic mass is 16.5. The third kappa shape index (κ3) is 5.08. The van der Waals surface area contributed by atoms with Crippen LogP contribution in [0.15, 0.2) is 36.4 Å². The lowest BCUT2D eigenvalue weighted by Gasteiger charge is -2.12. The van der Waals surface area contributed by atoms with Gasteiger partial charge in [0.2, 0.25) is 0 Å². The summed E-state index contributed by atoms with van der Waals surface area (Å²) in [6.07, 6.45) is 0. The average Bonchev–Trinajstić information content (AvgIpc) is 2.56. The lowest BCUT2D eigenvalue weighted by molar-refractivity contribution is -0.118. The number of anilines is 1. The number of ether oxygens (including phenoxy) is 2. The smallest absolute Gasteiger partial charge is 0.338 e. The summed E-state index contributed by atoms with van der Waals surface area (Å²) in [7, 11) is 0. The van der Waals surface area contributed by atoms with Crippen molar-refractivity contribution in [3.8, 4) is 5.75 Å². The Kier molecular flexibility index (Phi) is 6.17. The van der Waals surface area contributed by atoms with Crippen LogP contribution in [-0.4, -0.2) is 25.1 Å². The summed E-state index contributed by atoms with van der Waals surface area (Å²) in [5.41, 5.74) is 3.94. The van der Waals surface area contributed by atoms with Crippen molar-refractivity contribution in [2.75, 3.05) is 18.5 Å². The van der Waals surface area contributed by atoms with E-state index in [0.29, 0.717) is 23.6 Å². The van der Waals surface area contributed by atoms with Crippen LogP contribution in [0.4, 0.5) is 5.69 Å². The molecule has 132 valence electrons. The molecule has 5 heteroatoms. The first-order valence-corrected chi connectivity index (χ1v) is 8.18. The number of carbonyl (C=O) groups excluding carboxylic acids is 2. The first-order valence-electron chi connectivity index (χ1n) is 8.18. The minimum atomic E-state index is -0.412. The van der Waals surface area contributed by atoms with Gasteiger partial charge in [-0.2, -0.15) is 0 Å². The van der Waals surface area contributed by atoms with Crippen LogP contribution in [0, 0.1) is 20.8 Å². The molecule has 0 spiro atoms. The van der Waals surface area contributed by atoms with Crippen molar-refractivity contribution in [2.24, 2.45) is 0 Å². The van der Waals surface area contributed by atoms with Gasteiger partial charge in [-0.05, 0) is 57.0 Å². The molecule has 0 aromatic heterocycles. The Morgan fingerprint density at radius 1 is 1.00 bits per heavy atom. The van der Waals surface area contributed by atoms with Gasteiger partial charge in [0.05, 0.1) is 12.2 Å². The number of benzene rings is 2. The molecule has 0 aliphatic rings. The molecular weight excluding hydrogens is 318 g/mol. The molecule has 5 nitrogen and oxygen atoms in total. The molecule has 1 amide bonds. The molecule has 0 aliphatic carbocycles. The molecule has 0 unspecified atom stereocenters. The molecule has 2 aromatic carbocycles. The van der Waals surface area contributed by atoms with Crippen molar-refractivity contribution >= 4 is 17.6 Å². The zero-order valence-electron chi connectivity index (χ0n) is 15.0. The molecule has 0 saturated heterocycles. The summed E-state index contributed by atoms with van der Waals surface area (Å²) in [5, 5.41) is 2.78. The predicted molar refractivity (Wildman–Crippen MR) is 97.2 cm³/mol. The maximum absolute atomic E-state index is 12.2. The molecule has 0 aliphatic heterocycles. The van der Waals surface area contributed by atoms with Crippen molar-refractivity contribution < 1.29 is 19.1 Å². The van der Waals surface area contributed by atoms with Gasteiger partial charge >= 0.3 is 5.97 Å². The summed E-state index contributed by atoms with van der Waals surface area (Å²) >= 11 is 0. The van der Waals surface area contributed by atoms with Crippen molar-refractivity contribution in [1.82, 2.24) is 0 Å². The number of carbonyl (C=O) groups is 2. The Hall–Kier alpha value is -2.82. The van der Waals surface area contributed by atoms with Crippen LogP contribution in [0.3, 0.4) is 0 Å². The largest absolute Gasteiger partial charge is 0.483 e. The Morgan fingerprint density at radius 2 is 1.76 bits per heavy atom. The molecule has 0 heterocycles. The van der Waals surface area contributed by atoms with Gasteiger partial charge in [-0.25, -0.2) is 4.79 Å². The zero-order chi connectivity index (χ0) is 18.4. The second-order valence-corrected chi connectivity index (χ2v) is 5.86. The van der Waals surface area contributed by atoms with E-state index < -0.39 is 5.97 Å². The van der Waals surface area contributed by atoms with E-state index in [1.165, 1.54) is 0 Å². The minimum Gasteiger partial charge on any atom is -0.483 e. The molecule has 25 heavy (non-hydrogen) atoms.